The van der Waals surface area contributed by atoms with Crippen LogP contribution in [0.4, 0.5) is 5.69 Å². The number of benzene rings is 1. The standard InChI is InChI=1S/C18H19N3O6S2/c1-11-10-28-18(19-11)29-15-4-3-13(9-14(15)21(24)25)17(23)27-12(2)16(22)20-5-7-26-8-6-20/h3-4,9-10,12H,5-8H2,1-2H3/t12-/m1/s1. The van der Waals surface area contributed by atoms with Crippen LogP contribution in [0.5, 0.6) is 0 Å². The van der Waals surface area contributed by atoms with E-state index < -0.39 is 17.0 Å². The lowest BCUT2D eigenvalue weighted by Gasteiger charge is -2.28. The Morgan fingerprint density at radius 1 is 1.38 bits per heavy atom. The average Bonchev–Trinajstić information content (AvgIpc) is 3.12. The number of nitro groups is 1. The van der Waals surface area contributed by atoms with Gasteiger partial charge in [-0.2, -0.15) is 0 Å². The highest BCUT2D eigenvalue weighted by Gasteiger charge is 2.27. The van der Waals surface area contributed by atoms with E-state index in [4.69, 9.17) is 9.47 Å². The Morgan fingerprint density at radius 2 is 2.10 bits per heavy atom. The van der Waals surface area contributed by atoms with Crippen LogP contribution in [0, 0.1) is 17.0 Å². The maximum Gasteiger partial charge on any atom is 0.339 e. The highest BCUT2D eigenvalue weighted by atomic mass is 32.2. The molecule has 1 aromatic carbocycles. The highest BCUT2D eigenvalue weighted by molar-refractivity contribution is 8.01. The van der Waals surface area contributed by atoms with Crippen LogP contribution >= 0.6 is 23.1 Å². The van der Waals surface area contributed by atoms with Gasteiger partial charge in [0.05, 0.1) is 28.6 Å². The number of thiazole rings is 1. The molecule has 0 bridgehead atoms. The van der Waals surface area contributed by atoms with Crippen molar-refractivity contribution in [2.45, 2.75) is 29.2 Å². The summed E-state index contributed by atoms with van der Waals surface area (Å²) in [7, 11) is 0. The lowest BCUT2D eigenvalue weighted by molar-refractivity contribution is -0.387. The Morgan fingerprint density at radius 3 is 2.72 bits per heavy atom. The second-order valence-electron chi connectivity index (χ2n) is 6.28. The van der Waals surface area contributed by atoms with E-state index in [1.54, 1.807) is 4.90 Å². The molecule has 2 aromatic rings. The Kier molecular flexibility index (Phi) is 6.83. The number of nitrogens with zero attached hydrogens (tertiary/aromatic N) is 3. The van der Waals surface area contributed by atoms with Crippen LogP contribution in [0.2, 0.25) is 0 Å². The molecule has 0 spiro atoms. The molecule has 9 nitrogen and oxygen atoms in total. The summed E-state index contributed by atoms with van der Waals surface area (Å²) >= 11 is 2.55. The van der Waals surface area contributed by atoms with E-state index in [-0.39, 0.29) is 17.2 Å². The monoisotopic (exact) mass is 437 g/mol. The molecule has 1 fully saturated rings. The number of carbonyl (C=O) groups is 2. The Balaban J connectivity index is 1.72. The van der Waals surface area contributed by atoms with Crippen molar-refractivity contribution in [2.75, 3.05) is 26.3 Å². The molecule has 0 radical (unpaired) electrons. The number of carbonyl (C=O) groups excluding carboxylic acids is 2. The fraction of sp³-hybridized carbons (Fsp3) is 0.389. The number of morpholine rings is 1. The molecule has 29 heavy (non-hydrogen) atoms. The van der Waals surface area contributed by atoms with Crippen molar-refractivity contribution in [1.82, 2.24) is 9.88 Å². The number of rotatable bonds is 6. The molecule has 2 heterocycles. The third kappa shape index (κ3) is 5.31. The Bertz CT molecular complexity index is 926. The fourth-order valence-electron chi connectivity index (χ4n) is 2.67. The van der Waals surface area contributed by atoms with Gasteiger partial charge in [0, 0.05) is 30.2 Å². The molecule has 154 valence electrons. The molecule has 1 amide bonds. The average molecular weight is 437 g/mol. The molecule has 1 aromatic heterocycles. The second kappa shape index (κ2) is 9.33. The van der Waals surface area contributed by atoms with Crippen LogP contribution in [-0.2, 0) is 14.3 Å². The first-order chi connectivity index (χ1) is 13.8. The van der Waals surface area contributed by atoms with Gasteiger partial charge < -0.3 is 14.4 Å². The Labute approximate surface area is 175 Å². The molecule has 1 atom stereocenters. The Hall–Kier alpha value is -2.50. The quantitative estimate of drug-likeness (QED) is 0.385. The van der Waals surface area contributed by atoms with Crippen LogP contribution in [-0.4, -0.2) is 59.1 Å². The summed E-state index contributed by atoms with van der Waals surface area (Å²) in [4.78, 5) is 42.0. The van der Waals surface area contributed by atoms with Gasteiger partial charge >= 0.3 is 5.97 Å². The van der Waals surface area contributed by atoms with Crippen LogP contribution < -0.4 is 0 Å². The largest absolute Gasteiger partial charge is 0.449 e. The van der Waals surface area contributed by atoms with E-state index >= 15 is 0 Å². The van der Waals surface area contributed by atoms with Crippen molar-refractivity contribution in [1.29, 1.82) is 0 Å². The van der Waals surface area contributed by atoms with Crippen molar-refractivity contribution in [3.8, 4) is 0 Å². The molecular weight excluding hydrogens is 418 g/mol. The van der Waals surface area contributed by atoms with E-state index in [9.17, 15) is 19.7 Å². The predicted octanol–water partition coefficient (Wildman–Crippen LogP) is 2.92. The zero-order valence-corrected chi connectivity index (χ0v) is 17.5. The second-order valence-corrected chi connectivity index (χ2v) is 8.43. The number of aromatic nitrogens is 1. The SMILES string of the molecule is Cc1csc(Sc2ccc(C(=O)O[C@H](C)C(=O)N3CCOCC3)cc2[N+](=O)[O-])n1. The van der Waals surface area contributed by atoms with Gasteiger partial charge in [-0.3, -0.25) is 14.9 Å². The van der Waals surface area contributed by atoms with Gasteiger partial charge in [-0.05, 0) is 26.0 Å². The number of hydrogen-bond acceptors (Lipinski definition) is 9. The topological polar surface area (TPSA) is 112 Å². The minimum Gasteiger partial charge on any atom is -0.449 e. The van der Waals surface area contributed by atoms with Gasteiger partial charge in [0.2, 0.25) is 0 Å². The first-order valence-electron chi connectivity index (χ1n) is 8.81. The maximum atomic E-state index is 12.4. The summed E-state index contributed by atoms with van der Waals surface area (Å²) < 4.78 is 11.1. The van der Waals surface area contributed by atoms with Crippen LogP contribution in [0.1, 0.15) is 23.0 Å². The minimum absolute atomic E-state index is 0.0120. The number of hydrogen-bond donors (Lipinski definition) is 0. The van der Waals surface area contributed by atoms with Gasteiger partial charge in [-0.15, -0.1) is 11.3 Å². The van der Waals surface area contributed by atoms with Gasteiger partial charge in [0.1, 0.15) is 0 Å². The molecule has 1 aliphatic rings. The van der Waals surface area contributed by atoms with Crippen molar-refractivity contribution >= 4 is 40.7 Å². The lowest BCUT2D eigenvalue weighted by Crippen LogP contribution is -2.46. The lowest BCUT2D eigenvalue weighted by atomic mass is 10.2. The van der Waals surface area contributed by atoms with E-state index in [1.807, 2.05) is 12.3 Å². The summed E-state index contributed by atoms with van der Waals surface area (Å²) in [6.07, 6.45) is -0.994. The summed E-state index contributed by atoms with van der Waals surface area (Å²) in [6.45, 7) is 5.09. The minimum atomic E-state index is -0.994. The third-order valence-corrected chi connectivity index (χ3v) is 6.26. The maximum absolute atomic E-state index is 12.4. The number of esters is 1. The molecule has 1 aliphatic heterocycles. The van der Waals surface area contributed by atoms with Crippen molar-refractivity contribution in [2.24, 2.45) is 0 Å². The molecular formula is C18H19N3O6S2. The highest BCUT2D eigenvalue weighted by Crippen LogP contribution is 2.36. The van der Waals surface area contributed by atoms with Crippen molar-refractivity contribution < 1.29 is 24.0 Å². The summed E-state index contributed by atoms with van der Waals surface area (Å²) in [5.41, 5.74) is 0.627. The summed E-state index contributed by atoms with van der Waals surface area (Å²) in [5, 5.41) is 13.3. The molecule has 3 rings (SSSR count). The van der Waals surface area contributed by atoms with E-state index in [0.29, 0.717) is 35.5 Å². The third-order valence-electron chi connectivity index (χ3n) is 4.14. The number of nitro benzene ring substituents is 1. The van der Waals surface area contributed by atoms with Crippen molar-refractivity contribution in [3.63, 3.8) is 0 Å². The van der Waals surface area contributed by atoms with Gasteiger partial charge in [-0.25, -0.2) is 9.78 Å². The van der Waals surface area contributed by atoms with Crippen LogP contribution in [0.3, 0.4) is 0 Å². The molecule has 0 unspecified atom stereocenters. The fourth-order valence-corrected chi connectivity index (χ4v) is 4.55. The normalized spacial score (nSPS) is 15.0. The molecule has 0 saturated carbocycles. The van der Waals surface area contributed by atoms with Gasteiger partial charge in [-0.1, -0.05) is 11.8 Å². The first-order valence-corrected chi connectivity index (χ1v) is 10.5. The number of amides is 1. The van der Waals surface area contributed by atoms with Crippen LogP contribution in [0.25, 0.3) is 0 Å². The smallest absolute Gasteiger partial charge is 0.339 e. The van der Waals surface area contributed by atoms with E-state index in [2.05, 4.69) is 4.98 Å². The number of ether oxygens (including phenoxy) is 2. The zero-order valence-electron chi connectivity index (χ0n) is 15.8. The summed E-state index contributed by atoms with van der Waals surface area (Å²) in [5.74, 6) is -1.11. The van der Waals surface area contributed by atoms with Gasteiger partial charge in [0.25, 0.3) is 11.6 Å². The molecule has 11 heteroatoms. The van der Waals surface area contributed by atoms with E-state index in [1.165, 1.54) is 30.4 Å². The molecule has 1 saturated heterocycles. The van der Waals surface area contributed by atoms with Crippen LogP contribution in [0.15, 0.2) is 32.8 Å². The number of aryl methyl sites for hydroxylation is 1. The predicted molar refractivity (Wildman–Crippen MR) is 106 cm³/mol. The van der Waals surface area contributed by atoms with E-state index in [0.717, 1.165) is 23.5 Å². The van der Waals surface area contributed by atoms with Crippen molar-refractivity contribution in [3.05, 3.63) is 45.0 Å². The van der Waals surface area contributed by atoms with Gasteiger partial charge in [0.15, 0.2) is 10.4 Å². The zero-order chi connectivity index (χ0) is 21.0. The molecule has 0 aliphatic carbocycles. The first kappa shape index (κ1) is 21.2. The molecule has 0 N–H and O–H groups in total. The summed E-state index contributed by atoms with van der Waals surface area (Å²) in [6, 6.07) is 4.10.